The Morgan fingerprint density at radius 2 is 1.76 bits per heavy atom. The predicted molar refractivity (Wildman–Crippen MR) is 135 cm³/mol. The lowest BCUT2D eigenvalue weighted by atomic mass is 9.58. The van der Waals surface area contributed by atoms with Gasteiger partial charge in [-0.25, -0.2) is 0 Å². The maximum absolute atomic E-state index is 15.8. The third-order valence-electron chi connectivity index (χ3n) is 7.52. The second kappa shape index (κ2) is 10.0. The van der Waals surface area contributed by atoms with Crippen LogP contribution < -0.4 is 14.2 Å². The lowest BCUT2D eigenvalue weighted by Crippen LogP contribution is -2.62. The fourth-order valence-corrected chi connectivity index (χ4v) is 6.60. The van der Waals surface area contributed by atoms with Crippen LogP contribution in [-0.4, -0.2) is 53.4 Å². The van der Waals surface area contributed by atoms with E-state index in [2.05, 4.69) is 5.16 Å². The number of rotatable bonds is 8. The van der Waals surface area contributed by atoms with Gasteiger partial charge in [0.15, 0.2) is 17.3 Å². The lowest BCUT2D eigenvalue weighted by molar-refractivity contribution is -0.231. The minimum atomic E-state index is -3.94. The van der Waals surface area contributed by atoms with Gasteiger partial charge in [0, 0.05) is 18.7 Å². The second-order valence-electron chi connectivity index (χ2n) is 12.1. The number of benzene rings is 1. The average molecular weight is 537 g/mol. The number of carbonyl (C=O) groups excluding carboxylic acids is 1. The van der Waals surface area contributed by atoms with E-state index < -0.39 is 34.3 Å². The lowest BCUT2D eigenvalue weighted by Gasteiger charge is -2.51. The number of ether oxygens (including phenoxy) is 3. The smallest absolute Gasteiger partial charge is 0.352 e. The van der Waals surface area contributed by atoms with Gasteiger partial charge in [0.1, 0.15) is 23.7 Å². The third kappa shape index (κ3) is 5.46. The van der Waals surface area contributed by atoms with E-state index in [9.17, 15) is 9.90 Å². The van der Waals surface area contributed by atoms with E-state index >= 15 is 8.78 Å². The molecule has 2 heterocycles. The monoisotopic (exact) mass is 536 g/mol. The van der Waals surface area contributed by atoms with Crippen molar-refractivity contribution >= 4 is 5.91 Å². The second-order valence-corrected chi connectivity index (χ2v) is 12.1. The summed E-state index contributed by atoms with van der Waals surface area (Å²) in [7, 11) is 3.07. The summed E-state index contributed by atoms with van der Waals surface area (Å²) in [6.45, 7) is 7.64. The molecule has 1 saturated carbocycles. The molecule has 8 nitrogen and oxygen atoms in total. The van der Waals surface area contributed by atoms with Crippen molar-refractivity contribution in [2.45, 2.75) is 84.0 Å². The van der Waals surface area contributed by atoms with Gasteiger partial charge in [0.05, 0.1) is 20.3 Å². The van der Waals surface area contributed by atoms with Crippen LogP contribution in [0.25, 0.3) is 0 Å². The summed E-state index contributed by atoms with van der Waals surface area (Å²) in [5, 5.41) is 15.3. The van der Waals surface area contributed by atoms with Crippen molar-refractivity contribution in [2.24, 2.45) is 10.8 Å². The molecule has 1 aromatic heterocycles. The minimum absolute atomic E-state index is 0.0449. The number of methoxy groups -OCH3 is 2. The van der Waals surface area contributed by atoms with Gasteiger partial charge < -0.3 is 28.7 Å². The predicted octanol–water partition coefficient (Wildman–Crippen LogP) is 5.54. The van der Waals surface area contributed by atoms with E-state index in [-0.39, 0.29) is 26.0 Å². The zero-order valence-corrected chi connectivity index (χ0v) is 23.0. The summed E-state index contributed by atoms with van der Waals surface area (Å²) in [4.78, 5) is 14.5. The van der Waals surface area contributed by atoms with Gasteiger partial charge in [0.2, 0.25) is 0 Å². The summed E-state index contributed by atoms with van der Waals surface area (Å²) in [5.74, 6) is -3.32. The maximum atomic E-state index is 15.8. The molecular formula is C28H38F2N2O6. The highest BCUT2D eigenvalue weighted by Crippen LogP contribution is 2.55. The molecule has 1 saturated heterocycles. The quantitative estimate of drug-likeness (QED) is 0.474. The van der Waals surface area contributed by atoms with Gasteiger partial charge in [-0.15, -0.1) is 0 Å². The van der Waals surface area contributed by atoms with E-state index in [1.54, 1.807) is 31.4 Å². The number of hydrogen-bond acceptors (Lipinski definition) is 7. The van der Waals surface area contributed by atoms with Crippen LogP contribution in [0.5, 0.6) is 17.2 Å². The first-order chi connectivity index (χ1) is 17.7. The number of likely N-dealkylation sites (tertiary alicyclic amines) is 1. The minimum Gasteiger partial charge on any atom is -0.493 e. The molecule has 2 fully saturated rings. The largest absolute Gasteiger partial charge is 0.493 e. The van der Waals surface area contributed by atoms with Crippen LogP contribution in [0, 0.1) is 10.8 Å². The Kier molecular flexibility index (Phi) is 7.42. The van der Waals surface area contributed by atoms with Crippen molar-refractivity contribution in [1.82, 2.24) is 10.1 Å². The number of hydrogen-bond donors (Lipinski definition) is 1. The van der Waals surface area contributed by atoms with Crippen LogP contribution in [0.15, 0.2) is 28.8 Å². The van der Waals surface area contributed by atoms with Crippen LogP contribution in [0.4, 0.5) is 8.78 Å². The topological polar surface area (TPSA) is 94.3 Å². The molecule has 2 aliphatic rings. The zero-order chi connectivity index (χ0) is 27.9. The maximum Gasteiger partial charge on any atom is 0.352 e. The molecule has 1 atom stereocenters. The van der Waals surface area contributed by atoms with Gasteiger partial charge in [-0.2, -0.15) is 8.78 Å². The fourth-order valence-electron chi connectivity index (χ4n) is 6.60. The van der Waals surface area contributed by atoms with E-state index in [1.165, 1.54) is 7.11 Å². The van der Waals surface area contributed by atoms with Gasteiger partial charge in [-0.05, 0) is 55.1 Å². The molecule has 38 heavy (non-hydrogen) atoms. The highest BCUT2D eigenvalue weighted by molar-refractivity contribution is 5.85. The molecule has 2 aromatic rings. The summed E-state index contributed by atoms with van der Waals surface area (Å²) in [6, 6.07) is 6.06. The number of alkyl halides is 2. The average Bonchev–Trinajstić information content (AvgIpc) is 3.49. The SMILES string of the molecule is COc1ccc(OCc2cc([C@@H]3CCCN3C(=O)C(F)(F)C3(O)CC(C)(C)CC(C)(C)C3)no2)cc1OC. The summed E-state index contributed by atoms with van der Waals surface area (Å²) in [6.07, 6.45) is 1.41. The fraction of sp³-hybridized carbons (Fsp3) is 0.643. The van der Waals surface area contributed by atoms with Gasteiger partial charge in [-0.1, -0.05) is 32.9 Å². The molecule has 1 aliphatic carbocycles. The molecule has 0 spiro atoms. The van der Waals surface area contributed by atoms with E-state index in [4.69, 9.17) is 18.7 Å². The Hall–Kier alpha value is -2.88. The number of amides is 1. The number of aromatic nitrogens is 1. The van der Waals surface area contributed by atoms with Crippen LogP contribution in [0.1, 0.15) is 77.3 Å². The highest BCUT2D eigenvalue weighted by Gasteiger charge is 2.65. The Bertz CT molecular complexity index is 1150. The molecule has 210 valence electrons. The van der Waals surface area contributed by atoms with Crippen LogP contribution in [0.2, 0.25) is 0 Å². The Balaban J connectivity index is 1.48. The molecule has 0 bridgehead atoms. The molecule has 1 N–H and O–H groups in total. The van der Waals surface area contributed by atoms with E-state index in [0.29, 0.717) is 48.0 Å². The first-order valence-electron chi connectivity index (χ1n) is 12.9. The number of nitrogens with zero attached hydrogens (tertiary/aromatic N) is 2. The Labute approximate surface area is 222 Å². The van der Waals surface area contributed by atoms with Crippen molar-refractivity contribution in [2.75, 3.05) is 20.8 Å². The van der Waals surface area contributed by atoms with Crippen LogP contribution in [0.3, 0.4) is 0 Å². The van der Waals surface area contributed by atoms with Gasteiger partial charge in [0.25, 0.3) is 5.91 Å². The molecule has 1 aromatic carbocycles. The first-order valence-corrected chi connectivity index (χ1v) is 12.9. The molecule has 0 radical (unpaired) electrons. The highest BCUT2D eigenvalue weighted by atomic mass is 19.3. The molecule has 0 unspecified atom stereocenters. The molecular weight excluding hydrogens is 498 g/mol. The first kappa shape index (κ1) is 28.1. The van der Waals surface area contributed by atoms with Crippen molar-refractivity contribution in [3.05, 3.63) is 35.7 Å². The van der Waals surface area contributed by atoms with Crippen LogP contribution in [-0.2, 0) is 11.4 Å². The molecule has 1 aliphatic heterocycles. The van der Waals surface area contributed by atoms with Crippen molar-refractivity contribution in [3.8, 4) is 17.2 Å². The molecule has 1 amide bonds. The van der Waals surface area contributed by atoms with Gasteiger partial charge in [-0.3, -0.25) is 4.79 Å². The summed E-state index contributed by atoms with van der Waals surface area (Å²) >= 11 is 0. The Morgan fingerprint density at radius 1 is 1.11 bits per heavy atom. The number of carbonyl (C=O) groups is 1. The van der Waals surface area contributed by atoms with Gasteiger partial charge >= 0.3 is 5.92 Å². The summed E-state index contributed by atoms with van der Waals surface area (Å²) in [5.41, 5.74) is -3.10. The standard InChI is InChI=1S/C28H38F2N2O6/c1-25(2)15-26(3,4)17-27(34,16-25)28(29,30)24(33)32-11-7-8-21(32)20-12-19(38-31-20)14-37-18-9-10-22(35-5)23(13-18)36-6/h9-10,12-13,21,34H,7-8,11,14-17H2,1-6H3/t21-/m0/s1. The van der Waals surface area contributed by atoms with Crippen molar-refractivity contribution in [3.63, 3.8) is 0 Å². The zero-order valence-electron chi connectivity index (χ0n) is 23.0. The number of halogens is 2. The normalized spacial score (nSPS) is 22.2. The molecule has 4 rings (SSSR count). The van der Waals surface area contributed by atoms with Crippen molar-refractivity contribution < 1.29 is 37.4 Å². The number of aliphatic hydroxyl groups is 1. The summed E-state index contributed by atoms with van der Waals surface area (Å²) < 4.78 is 53.3. The van der Waals surface area contributed by atoms with Crippen LogP contribution >= 0.6 is 0 Å². The van der Waals surface area contributed by atoms with Crippen molar-refractivity contribution in [1.29, 1.82) is 0 Å². The van der Waals surface area contributed by atoms with E-state index in [0.717, 1.165) is 4.90 Å². The Morgan fingerprint density at radius 3 is 2.39 bits per heavy atom. The third-order valence-corrected chi connectivity index (χ3v) is 7.52. The van der Waals surface area contributed by atoms with E-state index in [1.807, 2.05) is 27.7 Å². The molecule has 10 heteroatoms.